The SMILES string of the molecule is CC=C(C)CCC(C)C. The molecule has 0 aliphatic carbocycles. The van der Waals surface area contributed by atoms with Crippen molar-refractivity contribution in [1.29, 1.82) is 0 Å². The molecule has 0 rings (SSSR count). The van der Waals surface area contributed by atoms with E-state index < -0.39 is 0 Å². The van der Waals surface area contributed by atoms with Crippen molar-refractivity contribution in [2.45, 2.75) is 40.5 Å². The summed E-state index contributed by atoms with van der Waals surface area (Å²) in [5, 5.41) is 0. The van der Waals surface area contributed by atoms with Gasteiger partial charge in [0.05, 0.1) is 0 Å². The highest BCUT2D eigenvalue weighted by Crippen LogP contribution is 2.09. The van der Waals surface area contributed by atoms with Crippen molar-refractivity contribution in [2.75, 3.05) is 0 Å². The minimum absolute atomic E-state index is 0.847. The van der Waals surface area contributed by atoms with Gasteiger partial charge in [-0.2, -0.15) is 0 Å². The molecule has 0 nitrogen and oxygen atoms in total. The van der Waals surface area contributed by atoms with E-state index in [0.717, 1.165) is 5.92 Å². The first-order chi connectivity index (χ1) is 4.16. The van der Waals surface area contributed by atoms with Crippen molar-refractivity contribution in [3.05, 3.63) is 11.6 Å². The number of hydrogen-bond donors (Lipinski definition) is 0. The lowest BCUT2D eigenvalue weighted by Gasteiger charge is -2.02. The van der Waals surface area contributed by atoms with Crippen LogP contribution in [0.3, 0.4) is 0 Å². The topological polar surface area (TPSA) is 0 Å². The van der Waals surface area contributed by atoms with Gasteiger partial charge < -0.3 is 0 Å². The summed E-state index contributed by atoms with van der Waals surface area (Å²) in [6, 6.07) is 0. The predicted octanol–water partition coefficient (Wildman–Crippen LogP) is 3.39. The van der Waals surface area contributed by atoms with Gasteiger partial charge in [-0.3, -0.25) is 0 Å². The Bertz CT molecular complexity index is 88.2. The fraction of sp³-hybridized carbons (Fsp3) is 0.778. The van der Waals surface area contributed by atoms with Gasteiger partial charge in [0.2, 0.25) is 0 Å². The lowest BCUT2D eigenvalue weighted by Crippen LogP contribution is -1.86. The number of hydrogen-bond acceptors (Lipinski definition) is 0. The molecule has 54 valence electrons. The maximum absolute atomic E-state index is 2.27. The van der Waals surface area contributed by atoms with Crippen LogP contribution in [0.1, 0.15) is 40.5 Å². The Morgan fingerprint density at radius 3 is 2.33 bits per heavy atom. The summed E-state index contributed by atoms with van der Waals surface area (Å²) in [7, 11) is 0. The zero-order valence-corrected chi connectivity index (χ0v) is 7.07. The molecule has 0 aromatic rings. The first-order valence-electron chi connectivity index (χ1n) is 3.78. The summed E-state index contributed by atoms with van der Waals surface area (Å²) in [5.74, 6) is 0.847. The Hall–Kier alpha value is -0.260. The fourth-order valence-corrected chi connectivity index (χ4v) is 0.661. The highest BCUT2D eigenvalue weighted by atomic mass is 14.0. The van der Waals surface area contributed by atoms with Gasteiger partial charge in [-0.05, 0) is 32.6 Å². The van der Waals surface area contributed by atoms with Crippen LogP contribution in [0.25, 0.3) is 0 Å². The molecule has 0 saturated carbocycles. The Labute approximate surface area is 59.0 Å². The first-order valence-corrected chi connectivity index (χ1v) is 3.78. The van der Waals surface area contributed by atoms with E-state index in [2.05, 4.69) is 33.8 Å². The van der Waals surface area contributed by atoms with Crippen LogP contribution in [0.2, 0.25) is 0 Å². The zero-order chi connectivity index (χ0) is 7.28. The van der Waals surface area contributed by atoms with Gasteiger partial charge in [0.25, 0.3) is 0 Å². The molecule has 0 radical (unpaired) electrons. The third kappa shape index (κ3) is 5.61. The van der Waals surface area contributed by atoms with Crippen LogP contribution < -0.4 is 0 Å². The molecule has 0 bridgehead atoms. The van der Waals surface area contributed by atoms with Gasteiger partial charge in [0.1, 0.15) is 0 Å². The standard InChI is InChI=1S/C9H18/c1-5-9(4)7-6-8(2)3/h5,8H,6-7H2,1-4H3. The van der Waals surface area contributed by atoms with E-state index in [4.69, 9.17) is 0 Å². The normalized spacial score (nSPS) is 12.8. The van der Waals surface area contributed by atoms with Crippen LogP contribution in [0.5, 0.6) is 0 Å². The molecule has 0 heterocycles. The van der Waals surface area contributed by atoms with Crippen molar-refractivity contribution in [2.24, 2.45) is 5.92 Å². The predicted molar refractivity (Wildman–Crippen MR) is 43.5 cm³/mol. The van der Waals surface area contributed by atoms with Crippen molar-refractivity contribution in [3.63, 3.8) is 0 Å². The molecule has 0 N–H and O–H groups in total. The van der Waals surface area contributed by atoms with E-state index in [-0.39, 0.29) is 0 Å². The second-order valence-electron chi connectivity index (χ2n) is 3.07. The van der Waals surface area contributed by atoms with Crippen LogP contribution in [-0.4, -0.2) is 0 Å². The van der Waals surface area contributed by atoms with E-state index >= 15 is 0 Å². The monoisotopic (exact) mass is 126 g/mol. The minimum Gasteiger partial charge on any atom is -0.0887 e. The maximum atomic E-state index is 2.27. The smallest absolute Gasteiger partial charge is 0.0321 e. The summed E-state index contributed by atoms with van der Waals surface area (Å²) in [4.78, 5) is 0. The average molecular weight is 126 g/mol. The lowest BCUT2D eigenvalue weighted by atomic mass is 10.0. The molecule has 0 saturated heterocycles. The molecule has 0 aliphatic rings. The van der Waals surface area contributed by atoms with Gasteiger partial charge in [0, 0.05) is 0 Å². The van der Waals surface area contributed by atoms with Crippen LogP contribution >= 0.6 is 0 Å². The molecule has 0 fully saturated rings. The van der Waals surface area contributed by atoms with Crippen molar-refractivity contribution in [3.8, 4) is 0 Å². The van der Waals surface area contributed by atoms with Crippen molar-refractivity contribution in [1.82, 2.24) is 0 Å². The molecule has 0 aliphatic heterocycles. The number of allylic oxidation sites excluding steroid dienone is 2. The second kappa shape index (κ2) is 4.60. The van der Waals surface area contributed by atoms with Gasteiger partial charge >= 0.3 is 0 Å². The quantitative estimate of drug-likeness (QED) is 0.508. The second-order valence-corrected chi connectivity index (χ2v) is 3.07. The van der Waals surface area contributed by atoms with E-state index in [1.54, 1.807) is 0 Å². The van der Waals surface area contributed by atoms with E-state index in [9.17, 15) is 0 Å². The largest absolute Gasteiger partial charge is 0.0887 e. The van der Waals surface area contributed by atoms with E-state index in [0.29, 0.717) is 0 Å². The Kier molecular flexibility index (Phi) is 4.47. The fourth-order valence-electron chi connectivity index (χ4n) is 0.661. The van der Waals surface area contributed by atoms with Gasteiger partial charge in [-0.1, -0.05) is 25.5 Å². The summed E-state index contributed by atoms with van der Waals surface area (Å²) in [6.07, 6.45) is 4.80. The van der Waals surface area contributed by atoms with Gasteiger partial charge in [-0.25, -0.2) is 0 Å². The molecule has 0 spiro atoms. The molecule has 0 atom stereocenters. The van der Waals surface area contributed by atoms with E-state index in [1.165, 1.54) is 18.4 Å². The summed E-state index contributed by atoms with van der Waals surface area (Å²) in [6.45, 7) is 8.84. The van der Waals surface area contributed by atoms with Crippen LogP contribution in [0.4, 0.5) is 0 Å². The number of rotatable bonds is 3. The van der Waals surface area contributed by atoms with Crippen molar-refractivity contribution < 1.29 is 0 Å². The van der Waals surface area contributed by atoms with Crippen molar-refractivity contribution >= 4 is 0 Å². The van der Waals surface area contributed by atoms with Crippen LogP contribution in [-0.2, 0) is 0 Å². The molecule has 0 aromatic heterocycles. The molecular formula is C9H18. The highest BCUT2D eigenvalue weighted by Gasteiger charge is 1.92. The van der Waals surface area contributed by atoms with Gasteiger partial charge in [-0.15, -0.1) is 0 Å². The molecule has 0 heteroatoms. The summed E-state index contributed by atoms with van der Waals surface area (Å²) < 4.78 is 0. The first kappa shape index (κ1) is 8.74. The molecule has 0 amide bonds. The summed E-state index contributed by atoms with van der Waals surface area (Å²) >= 11 is 0. The maximum Gasteiger partial charge on any atom is -0.0321 e. The minimum atomic E-state index is 0.847. The van der Waals surface area contributed by atoms with Crippen LogP contribution in [0, 0.1) is 5.92 Å². The molecule has 9 heavy (non-hydrogen) atoms. The van der Waals surface area contributed by atoms with Gasteiger partial charge in [0.15, 0.2) is 0 Å². The lowest BCUT2D eigenvalue weighted by molar-refractivity contribution is 0.584. The zero-order valence-electron chi connectivity index (χ0n) is 7.07. The third-order valence-electron chi connectivity index (χ3n) is 1.61. The molecular weight excluding hydrogens is 108 g/mol. The summed E-state index contributed by atoms with van der Waals surface area (Å²) in [5.41, 5.74) is 1.52. The Morgan fingerprint density at radius 1 is 1.44 bits per heavy atom. The Balaban J connectivity index is 3.28. The van der Waals surface area contributed by atoms with E-state index in [1.807, 2.05) is 0 Å². The molecule has 0 unspecified atom stereocenters. The molecule has 0 aromatic carbocycles. The third-order valence-corrected chi connectivity index (χ3v) is 1.61. The average Bonchev–Trinajstić information content (AvgIpc) is 1.83. The Morgan fingerprint density at radius 2 is 2.00 bits per heavy atom. The van der Waals surface area contributed by atoms with Crippen LogP contribution in [0.15, 0.2) is 11.6 Å². The highest BCUT2D eigenvalue weighted by molar-refractivity contribution is 4.94.